The first-order valence-electron chi connectivity index (χ1n) is 7.61. The Hall–Kier alpha value is -1.14. The molecule has 0 fully saturated rings. The monoisotopic (exact) mass is 346 g/mol. The number of benzene rings is 1. The highest BCUT2D eigenvalue weighted by molar-refractivity contribution is 6.74. The number of hydrogen-bond acceptors (Lipinski definition) is 2. The van der Waals surface area contributed by atoms with Crippen molar-refractivity contribution in [2.75, 3.05) is 0 Å². The van der Waals surface area contributed by atoms with Gasteiger partial charge in [-0.2, -0.15) is 13.2 Å². The van der Waals surface area contributed by atoms with Crippen LogP contribution in [-0.2, 0) is 4.43 Å². The molecule has 6 heteroatoms. The normalized spacial score (nSPS) is 14.7. The van der Waals surface area contributed by atoms with Crippen LogP contribution in [0.2, 0.25) is 18.1 Å². The molecule has 0 aromatic heterocycles. The molecule has 1 aromatic carbocycles. The molecule has 2 nitrogen and oxygen atoms in total. The molecule has 23 heavy (non-hydrogen) atoms. The quantitative estimate of drug-likeness (QED) is 0.490. The molecule has 0 amide bonds. The van der Waals surface area contributed by atoms with E-state index in [1.807, 2.05) is 6.92 Å². The van der Waals surface area contributed by atoms with E-state index in [1.54, 1.807) is 12.1 Å². The summed E-state index contributed by atoms with van der Waals surface area (Å²) in [6, 6.07) is 6.21. The molecule has 0 spiro atoms. The zero-order valence-electron chi connectivity index (χ0n) is 14.5. The minimum absolute atomic E-state index is 0.0733. The van der Waals surface area contributed by atoms with Crippen molar-refractivity contribution in [2.45, 2.75) is 64.5 Å². The number of carbonyl (C=O) groups excluding carboxylic acids is 1. The number of hydrogen-bond donors (Lipinski definition) is 0. The number of halogens is 3. The van der Waals surface area contributed by atoms with E-state index in [1.165, 1.54) is 12.1 Å². The van der Waals surface area contributed by atoms with E-state index in [4.69, 9.17) is 4.43 Å². The van der Waals surface area contributed by atoms with Crippen LogP contribution in [0.3, 0.4) is 0 Å². The highest BCUT2D eigenvalue weighted by Gasteiger charge is 2.38. The standard InChI is InChI=1S/C17H25F3O2Si/c1-12(22-23(5,6)16(2,3)4)13-7-9-14(10-8-13)15(21)11-17(18,19)20/h7-10,12H,11H2,1-6H3. The van der Waals surface area contributed by atoms with Crippen LogP contribution in [0.4, 0.5) is 13.2 Å². The molecule has 0 aliphatic rings. The highest BCUT2D eigenvalue weighted by atomic mass is 28.4. The van der Waals surface area contributed by atoms with E-state index in [-0.39, 0.29) is 16.7 Å². The number of alkyl halides is 3. The molecule has 130 valence electrons. The molecule has 0 bridgehead atoms. The van der Waals surface area contributed by atoms with Gasteiger partial charge >= 0.3 is 6.18 Å². The van der Waals surface area contributed by atoms with Gasteiger partial charge in [-0.3, -0.25) is 4.79 Å². The van der Waals surface area contributed by atoms with Crippen LogP contribution in [0.1, 0.15) is 56.1 Å². The maximum Gasteiger partial charge on any atom is 0.396 e. The highest BCUT2D eigenvalue weighted by Crippen LogP contribution is 2.39. The average Bonchev–Trinajstić information content (AvgIpc) is 2.35. The minimum atomic E-state index is -4.48. The van der Waals surface area contributed by atoms with Crippen molar-refractivity contribution in [3.05, 3.63) is 35.4 Å². The van der Waals surface area contributed by atoms with Crippen molar-refractivity contribution in [1.82, 2.24) is 0 Å². The molecular formula is C17H25F3O2Si. The number of Topliss-reactive ketones (excluding diaryl/α,β-unsaturated/α-hetero) is 1. The van der Waals surface area contributed by atoms with E-state index in [2.05, 4.69) is 33.9 Å². The van der Waals surface area contributed by atoms with Gasteiger partial charge in [0.1, 0.15) is 6.42 Å². The Balaban J connectivity index is 2.83. The molecule has 1 unspecified atom stereocenters. The molecule has 1 rings (SSSR count). The lowest BCUT2D eigenvalue weighted by molar-refractivity contribution is -0.125. The van der Waals surface area contributed by atoms with Gasteiger partial charge in [-0.15, -0.1) is 0 Å². The van der Waals surface area contributed by atoms with Crippen LogP contribution in [0, 0.1) is 0 Å². The van der Waals surface area contributed by atoms with Gasteiger partial charge in [-0.05, 0) is 30.6 Å². The number of rotatable bonds is 5. The van der Waals surface area contributed by atoms with Crippen molar-refractivity contribution < 1.29 is 22.4 Å². The Morgan fingerprint density at radius 2 is 1.61 bits per heavy atom. The average molecular weight is 346 g/mol. The van der Waals surface area contributed by atoms with Crippen molar-refractivity contribution in [3.8, 4) is 0 Å². The number of carbonyl (C=O) groups is 1. The summed E-state index contributed by atoms with van der Waals surface area (Å²) in [4.78, 5) is 11.6. The van der Waals surface area contributed by atoms with E-state index in [0.717, 1.165) is 5.56 Å². The molecule has 0 radical (unpaired) electrons. The summed E-state index contributed by atoms with van der Waals surface area (Å²) in [5.41, 5.74) is 0.934. The first kappa shape index (κ1) is 19.9. The molecule has 1 aromatic rings. The summed E-state index contributed by atoms with van der Waals surface area (Å²) in [6.07, 6.45) is -6.07. The summed E-state index contributed by atoms with van der Waals surface area (Å²) in [5, 5.41) is 0.0733. The molecular weight excluding hydrogens is 321 g/mol. The summed E-state index contributed by atoms with van der Waals surface area (Å²) in [5.74, 6) is -0.915. The predicted molar refractivity (Wildman–Crippen MR) is 88.1 cm³/mol. The lowest BCUT2D eigenvalue weighted by atomic mass is 10.0. The Morgan fingerprint density at radius 1 is 1.13 bits per heavy atom. The van der Waals surface area contributed by atoms with E-state index >= 15 is 0 Å². The van der Waals surface area contributed by atoms with Crippen molar-refractivity contribution in [2.24, 2.45) is 0 Å². The van der Waals surface area contributed by atoms with E-state index in [9.17, 15) is 18.0 Å². The molecule has 0 saturated carbocycles. The van der Waals surface area contributed by atoms with Crippen LogP contribution >= 0.6 is 0 Å². The minimum Gasteiger partial charge on any atom is -0.410 e. The second-order valence-electron chi connectivity index (χ2n) is 7.36. The molecule has 0 heterocycles. The third-order valence-electron chi connectivity index (χ3n) is 4.34. The molecule has 0 aliphatic carbocycles. The lowest BCUT2D eigenvalue weighted by Crippen LogP contribution is -2.41. The fourth-order valence-corrected chi connectivity index (χ4v) is 3.28. The zero-order chi connectivity index (χ0) is 18.1. The van der Waals surface area contributed by atoms with Gasteiger partial charge in [0.15, 0.2) is 14.1 Å². The van der Waals surface area contributed by atoms with E-state index in [0.29, 0.717) is 0 Å². The fraction of sp³-hybridized carbons (Fsp3) is 0.588. The lowest BCUT2D eigenvalue weighted by Gasteiger charge is -2.38. The van der Waals surface area contributed by atoms with Crippen molar-refractivity contribution >= 4 is 14.1 Å². The van der Waals surface area contributed by atoms with Crippen LogP contribution in [0.25, 0.3) is 0 Å². The van der Waals surface area contributed by atoms with Gasteiger partial charge in [-0.1, -0.05) is 45.0 Å². The molecule has 1 atom stereocenters. The largest absolute Gasteiger partial charge is 0.410 e. The molecule has 0 aliphatic heterocycles. The van der Waals surface area contributed by atoms with E-state index < -0.39 is 26.7 Å². The van der Waals surface area contributed by atoms with Gasteiger partial charge in [-0.25, -0.2) is 0 Å². The van der Waals surface area contributed by atoms with Crippen LogP contribution in [0.15, 0.2) is 24.3 Å². The van der Waals surface area contributed by atoms with Gasteiger partial charge in [0.05, 0.1) is 6.10 Å². The third-order valence-corrected chi connectivity index (χ3v) is 8.90. The van der Waals surface area contributed by atoms with Gasteiger partial charge in [0.2, 0.25) is 0 Å². The first-order chi connectivity index (χ1) is 10.2. The van der Waals surface area contributed by atoms with Crippen LogP contribution in [-0.4, -0.2) is 20.3 Å². The first-order valence-corrected chi connectivity index (χ1v) is 10.5. The summed E-state index contributed by atoms with van der Waals surface area (Å²) in [6.45, 7) is 12.6. The van der Waals surface area contributed by atoms with Crippen LogP contribution in [0.5, 0.6) is 0 Å². The van der Waals surface area contributed by atoms with Crippen molar-refractivity contribution in [1.29, 1.82) is 0 Å². The smallest absolute Gasteiger partial charge is 0.396 e. The molecule has 0 saturated heterocycles. The SMILES string of the molecule is CC(O[Si](C)(C)C(C)(C)C)c1ccc(C(=O)CC(F)(F)F)cc1. The number of ketones is 1. The molecule has 0 N–H and O–H groups in total. The summed E-state index contributed by atoms with van der Waals surface area (Å²) < 4.78 is 43.0. The summed E-state index contributed by atoms with van der Waals surface area (Å²) in [7, 11) is -1.93. The summed E-state index contributed by atoms with van der Waals surface area (Å²) >= 11 is 0. The Kier molecular flexibility index (Phi) is 5.86. The third kappa shape index (κ3) is 5.77. The Morgan fingerprint density at radius 3 is 2.00 bits per heavy atom. The second-order valence-corrected chi connectivity index (χ2v) is 12.1. The van der Waals surface area contributed by atoms with Gasteiger partial charge < -0.3 is 4.43 Å². The fourth-order valence-electron chi connectivity index (χ4n) is 1.91. The van der Waals surface area contributed by atoms with Crippen LogP contribution < -0.4 is 0 Å². The van der Waals surface area contributed by atoms with Gasteiger partial charge in [0, 0.05) is 5.56 Å². The Bertz CT molecular complexity index is 542. The van der Waals surface area contributed by atoms with Crippen molar-refractivity contribution in [3.63, 3.8) is 0 Å². The topological polar surface area (TPSA) is 26.3 Å². The maximum absolute atomic E-state index is 12.3. The van der Waals surface area contributed by atoms with Gasteiger partial charge in [0.25, 0.3) is 0 Å². The maximum atomic E-state index is 12.3. The second kappa shape index (κ2) is 6.77. The predicted octanol–water partition coefficient (Wildman–Crippen LogP) is 5.90. The Labute approximate surface area is 137 Å². The zero-order valence-corrected chi connectivity index (χ0v) is 15.5.